The van der Waals surface area contributed by atoms with Crippen molar-refractivity contribution in [1.82, 2.24) is 4.90 Å². The van der Waals surface area contributed by atoms with Gasteiger partial charge in [-0.05, 0) is 78.4 Å². The minimum Gasteiger partial charge on any atom is -0.321 e. The summed E-state index contributed by atoms with van der Waals surface area (Å²) < 4.78 is 0. The van der Waals surface area contributed by atoms with Crippen LogP contribution in [0.4, 0.5) is 5.69 Å². The van der Waals surface area contributed by atoms with Gasteiger partial charge in [-0.1, -0.05) is 43.3 Å². The fourth-order valence-corrected chi connectivity index (χ4v) is 5.00. The van der Waals surface area contributed by atoms with E-state index in [4.69, 9.17) is 0 Å². The summed E-state index contributed by atoms with van der Waals surface area (Å²) in [6.07, 6.45) is 4.82. The third-order valence-corrected chi connectivity index (χ3v) is 6.49. The summed E-state index contributed by atoms with van der Waals surface area (Å²) in [5.74, 6) is 0.744. The Morgan fingerprint density at radius 2 is 1.83 bits per heavy atom. The van der Waals surface area contributed by atoms with Crippen molar-refractivity contribution in [3.8, 4) is 0 Å². The highest BCUT2D eigenvalue weighted by molar-refractivity contribution is 6.10. The van der Waals surface area contributed by atoms with E-state index in [-0.39, 0.29) is 5.91 Å². The number of rotatable bonds is 4. The maximum atomic E-state index is 12.9. The molecule has 1 fully saturated rings. The molecule has 148 valence electrons. The van der Waals surface area contributed by atoms with E-state index in [2.05, 4.69) is 59.6 Å². The minimum atomic E-state index is -0.0400. The van der Waals surface area contributed by atoms with E-state index < -0.39 is 0 Å². The molecule has 0 unspecified atom stereocenters. The van der Waals surface area contributed by atoms with Gasteiger partial charge in [0, 0.05) is 29.7 Å². The predicted octanol–water partition coefficient (Wildman–Crippen LogP) is 5.42. The van der Waals surface area contributed by atoms with Crippen LogP contribution in [-0.2, 0) is 19.4 Å². The van der Waals surface area contributed by atoms with E-state index in [0.29, 0.717) is 5.56 Å². The molecule has 3 heteroatoms. The van der Waals surface area contributed by atoms with Crippen LogP contribution in [0.1, 0.15) is 46.8 Å². The van der Waals surface area contributed by atoms with Crippen molar-refractivity contribution < 1.29 is 4.79 Å². The van der Waals surface area contributed by atoms with Gasteiger partial charge in [-0.25, -0.2) is 0 Å². The van der Waals surface area contributed by atoms with Crippen LogP contribution in [0, 0.1) is 5.92 Å². The van der Waals surface area contributed by atoms with E-state index in [1.807, 2.05) is 12.1 Å². The normalized spacial score (nSPS) is 18.9. The van der Waals surface area contributed by atoms with Crippen LogP contribution in [0.2, 0.25) is 0 Å². The van der Waals surface area contributed by atoms with E-state index >= 15 is 0 Å². The smallest absolute Gasteiger partial charge is 0.255 e. The molecule has 0 spiro atoms. The molecule has 1 aliphatic carbocycles. The lowest BCUT2D eigenvalue weighted by molar-refractivity contribution is 0.102. The topological polar surface area (TPSA) is 32.3 Å². The molecule has 1 saturated heterocycles. The highest BCUT2D eigenvalue weighted by atomic mass is 16.1. The maximum absolute atomic E-state index is 12.9. The zero-order valence-corrected chi connectivity index (χ0v) is 17.1. The Bertz CT molecular complexity index is 1040. The minimum absolute atomic E-state index is 0.0400. The molecular weight excluding hydrogens is 356 g/mol. The molecule has 29 heavy (non-hydrogen) atoms. The number of likely N-dealkylation sites (tertiary alicyclic amines) is 1. The van der Waals surface area contributed by atoms with Crippen molar-refractivity contribution >= 4 is 22.4 Å². The average Bonchev–Trinajstić information content (AvgIpc) is 3.15. The number of hydrogen-bond acceptors (Lipinski definition) is 2. The van der Waals surface area contributed by atoms with Gasteiger partial charge in [0.05, 0.1) is 0 Å². The first-order valence-electron chi connectivity index (χ1n) is 10.8. The summed E-state index contributed by atoms with van der Waals surface area (Å²) in [4.78, 5) is 15.4. The number of piperidine rings is 1. The first-order valence-corrected chi connectivity index (χ1v) is 10.8. The van der Waals surface area contributed by atoms with Gasteiger partial charge < -0.3 is 5.32 Å². The van der Waals surface area contributed by atoms with Crippen LogP contribution in [-0.4, -0.2) is 23.9 Å². The summed E-state index contributed by atoms with van der Waals surface area (Å²) in [6, 6.07) is 18.7. The highest BCUT2D eigenvalue weighted by Crippen LogP contribution is 2.35. The number of benzene rings is 3. The number of nitrogens with zero attached hydrogens (tertiary/aromatic N) is 1. The first kappa shape index (κ1) is 18.4. The third-order valence-electron chi connectivity index (χ3n) is 6.49. The van der Waals surface area contributed by atoms with Gasteiger partial charge in [0.25, 0.3) is 5.91 Å². The van der Waals surface area contributed by atoms with Crippen molar-refractivity contribution in [1.29, 1.82) is 0 Å². The van der Waals surface area contributed by atoms with Gasteiger partial charge >= 0.3 is 0 Å². The van der Waals surface area contributed by atoms with Crippen molar-refractivity contribution in [2.24, 2.45) is 5.92 Å². The van der Waals surface area contributed by atoms with Gasteiger partial charge in [-0.2, -0.15) is 0 Å². The Kier molecular flexibility index (Phi) is 4.84. The van der Waals surface area contributed by atoms with Crippen LogP contribution < -0.4 is 5.32 Å². The zero-order valence-electron chi connectivity index (χ0n) is 17.1. The van der Waals surface area contributed by atoms with Gasteiger partial charge in [-0.3, -0.25) is 9.69 Å². The van der Waals surface area contributed by atoms with Crippen molar-refractivity contribution in [3.05, 3.63) is 76.9 Å². The Morgan fingerprint density at radius 3 is 2.62 bits per heavy atom. The maximum Gasteiger partial charge on any atom is 0.255 e. The van der Waals surface area contributed by atoms with Gasteiger partial charge in [0.1, 0.15) is 0 Å². The molecule has 1 aliphatic heterocycles. The number of aryl methyl sites for hydroxylation is 2. The van der Waals surface area contributed by atoms with E-state index in [0.717, 1.165) is 36.4 Å². The number of carbonyl (C=O) groups is 1. The van der Waals surface area contributed by atoms with Crippen LogP contribution in [0.3, 0.4) is 0 Å². The lowest BCUT2D eigenvalue weighted by atomic mass is 9.99. The number of hydrogen-bond donors (Lipinski definition) is 1. The van der Waals surface area contributed by atoms with E-state index in [1.165, 1.54) is 48.0 Å². The molecule has 0 saturated carbocycles. The Morgan fingerprint density at radius 1 is 1.03 bits per heavy atom. The monoisotopic (exact) mass is 384 g/mol. The number of carbonyl (C=O) groups excluding carboxylic acids is 1. The second-order valence-electron chi connectivity index (χ2n) is 8.75. The van der Waals surface area contributed by atoms with Gasteiger partial charge in [0.2, 0.25) is 0 Å². The predicted molar refractivity (Wildman–Crippen MR) is 119 cm³/mol. The molecule has 3 aromatic carbocycles. The molecule has 1 atom stereocenters. The molecule has 5 rings (SSSR count). The highest BCUT2D eigenvalue weighted by Gasteiger charge is 2.18. The average molecular weight is 385 g/mol. The lowest BCUT2D eigenvalue weighted by Crippen LogP contribution is -2.33. The fraction of sp³-hybridized carbons (Fsp3) is 0.346. The summed E-state index contributed by atoms with van der Waals surface area (Å²) >= 11 is 0. The molecule has 1 N–H and O–H groups in total. The molecule has 3 aromatic rings. The van der Waals surface area contributed by atoms with Gasteiger partial charge in [-0.15, -0.1) is 0 Å². The van der Waals surface area contributed by atoms with Crippen molar-refractivity contribution in [2.45, 2.75) is 39.2 Å². The van der Waals surface area contributed by atoms with Crippen molar-refractivity contribution in [3.63, 3.8) is 0 Å². The molecule has 1 heterocycles. The third kappa shape index (κ3) is 3.67. The Labute approximate surface area is 172 Å². The fourth-order valence-electron chi connectivity index (χ4n) is 5.00. The number of nitrogens with one attached hydrogen (secondary N) is 1. The Hall–Kier alpha value is -2.65. The van der Waals surface area contributed by atoms with Crippen molar-refractivity contribution in [2.75, 3.05) is 18.4 Å². The lowest BCUT2D eigenvalue weighted by Gasteiger charge is -2.30. The summed E-state index contributed by atoms with van der Waals surface area (Å²) in [5.41, 5.74) is 5.68. The molecular formula is C26H28N2O. The molecule has 0 aromatic heterocycles. The standard InChI is InChI=1S/C26H28N2O/c1-18-4-3-15-28(16-18)17-19-7-9-22(10-8-19)26(29)27-24-14-13-21-12-11-20-5-2-6-23(24)25(20)21/h2,5-10,13-14,18H,3-4,11-12,15-17H2,1H3,(H,27,29)/t18-/m0/s1. The van der Waals surface area contributed by atoms with Crippen LogP contribution in [0.25, 0.3) is 10.8 Å². The van der Waals surface area contributed by atoms with Gasteiger partial charge in [0.15, 0.2) is 0 Å². The quantitative estimate of drug-likeness (QED) is 0.651. The zero-order chi connectivity index (χ0) is 19.8. The molecule has 0 bridgehead atoms. The molecule has 0 radical (unpaired) electrons. The first-order chi connectivity index (χ1) is 14.2. The summed E-state index contributed by atoms with van der Waals surface area (Å²) in [7, 11) is 0. The second-order valence-corrected chi connectivity index (χ2v) is 8.75. The number of amides is 1. The van der Waals surface area contributed by atoms with Crippen LogP contribution >= 0.6 is 0 Å². The summed E-state index contributed by atoms with van der Waals surface area (Å²) in [6.45, 7) is 5.66. The largest absolute Gasteiger partial charge is 0.321 e. The van der Waals surface area contributed by atoms with Crippen LogP contribution in [0.5, 0.6) is 0 Å². The van der Waals surface area contributed by atoms with Crippen LogP contribution in [0.15, 0.2) is 54.6 Å². The van der Waals surface area contributed by atoms with E-state index in [1.54, 1.807) is 0 Å². The molecule has 3 nitrogen and oxygen atoms in total. The summed E-state index contributed by atoms with van der Waals surface area (Å²) in [5, 5.41) is 5.63. The second kappa shape index (κ2) is 7.64. The van der Waals surface area contributed by atoms with E-state index in [9.17, 15) is 4.79 Å². The Balaban J connectivity index is 1.31. The SMILES string of the molecule is C[C@H]1CCCN(Cc2ccc(C(=O)Nc3ccc4c5c(cccc35)CC4)cc2)C1. The molecule has 2 aliphatic rings. The number of anilines is 1. The molecule has 1 amide bonds.